The summed E-state index contributed by atoms with van der Waals surface area (Å²) < 4.78 is 0. The number of amides is 1. The average molecular weight is 315 g/mol. The summed E-state index contributed by atoms with van der Waals surface area (Å²) in [4.78, 5) is 38.2. The van der Waals surface area contributed by atoms with Crippen LogP contribution in [0.5, 0.6) is 0 Å². The van der Waals surface area contributed by atoms with Gasteiger partial charge in [0, 0.05) is 32.6 Å². The average Bonchev–Trinajstić information content (AvgIpc) is 2.97. The molecule has 0 bridgehead atoms. The van der Waals surface area contributed by atoms with E-state index in [1.165, 1.54) is 31.2 Å². The Morgan fingerprint density at radius 2 is 1.35 bits per heavy atom. The van der Waals surface area contributed by atoms with Gasteiger partial charge in [-0.15, -0.1) is 0 Å². The minimum atomic E-state index is -0.443. The Balaban J connectivity index is 2.24. The second-order valence-corrected chi connectivity index (χ2v) is 5.29. The molecule has 2 N–H and O–H groups in total. The van der Waals surface area contributed by atoms with Gasteiger partial charge in [-0.2, -0.15) is 0 Å². The zero-order valence-corrected chi connectivity index (χ0v) is 12.7. The lowest BCUT2D eigenvalue weighted by Crippen LogP contribution is -1.99. The van der Waals surface area contributed by atoms with Crippen LogP contribution in [0.2, 0.25) is 0 Å². The van der Waals surface area contributed by atoms with Crippen LogP contribution in [-0.4, -0.2) is 33.4 Å². The van der Waals surface area contributed by atoms with Gasteiger partial charge in [0.25, 0.3) is 0 Å². The molecular formula is C17H17NO5. The second kappa shape index (κ2) is 7.00. The first-order chi connectivity index (χ1) is 10.9. The Hall–Kier alpha value is -2.76. The number of allylic oxidation sites excluding steroid dienone is 8. The summed E-state index contributed by atoms with van der Waals surface area (Å²) >= 11 is 0. The van der Waals surface area contributed by atoms with Gasteiger partial charge in [-0.25, -0.2) is 4.99 Å². The Labute approximate surface area is 133 Å². The standard InChI is InChI=1S/C17H17NO5/c1-10(19)18-11(2-4-12-14(20)6-7-15(12)21)3-5-13-16(22)8-9-17(13)23/h2-5,20,22H,6-9H2,1H3/b4-2+,5-3+. The van der Waals surface area contributed by atoms with Crippen LogP contribution in [-0.2, 0) is 14.4 Å². The van der Waals surface area contributed by atoms with Crippen LogP contribution in [0.15, 0.2) is 52.0 Å². The number of aliphatic hydroxyl groups is 2. The highest BCUT2D eigenvalue weighted by molar-refractivity contribution is 6.12. The molecule has 0 heterocycles. The van der Waals surface area contributed by atoms with Crippen molar-refractivity contribution in [3.8, 4) is 0 Å². The number of hydrogen-bond donors (Lipinski definition) is 2. The van der Waals surface area contributed by atoms with E-state index in [1.54, 1.807) is 0 Å². The van der Waals surface area contributed by atoms with Gasteiger partial charge in [-0.05, 0) is 24.3 Å². The predicted octanol–water partition coefficient (Wildman–Crippen LogP) is 2.44. The number of aliphatic imine (C=N–C) groups is 1. The minimum absolute atomic E-state index is 0.0173. The molecule has 0 aromatic heterocycles. The first kappa shape index (κ1) is 16.6. The van der Waals surface area contributed by atoms with Gasteiger partial charge in [0.15, 0.2) is 11.6 Å². The molecular weight excluding hydrogens is 298 g/mol. The lowest BCUT2D eigenvalue weighted by atomic mass is 10.1. The number of carbonyl (C=O) groups excluding carboxylic acids is 3. The van der Waals surface area contributed by atoms with Crippen LogP contribution < -0.4 is 0 Å². The first-order valence-electron chi connectivity index (χ1n) is 7.24. The zero-order valence-electron chi connectivity index (χ0n) is 12.7. The maximum absolute atomic E-state index is 11.6. The van der Waals surface area contributed by atoms with Gasteiger partial charge >= 0.3 is 0 Å². The van der Waals surface area contributed by atoms with E-state index in [9.17, 15) is 24.6 Å². The maximum atomic E-state index is 11.6. The fourth-order valence-electron chi connectivity index (χ4n) is 2.35. The molecule has 0 saturated carbocycles. The second-order valence-electron chi connectivity index (χ2n) is 5.29. The number of Topliss-reactive ketones (excluding diaryl/α,β-unsaturated/α-hetero) is 2. The Morgan fingerprint density at radius 1 is 0.913 bits per heavy atom. The summed E-state index contributed by atoms with van der Waals surface area (Å²) in [7, 11) is 0. The number of rotatable bonds is 4. The third-order valence-corrected chi connectivity index (χ3v) is 3.53. The first-order valence-corrected chi connectivity index (χ1v) is 7.24. The fraction of sp³-hybridized carbons (Fsp3) is 0.294. The number of carbonyl (C=O) groups is 3. The van der Waals surface area contributed by atoms with Crippen molar-refractivity contribution in [2.75, 3.05) is 0 Å². The van der Waals surface area contributed by atoms with Crippen molar-refractivity contribution < 1.29 is 24.6 Å². The van der Waals surface area contributed by atoms with Crippen LogP contribution >= 0.6 is 0 Å². The smallest absolute Gasteiger partial charge is 0.243 e. The van der Waals surface area contributed by atoms with E-state index in [4.69, 9.17) is 0 Å². The molecule has 120 valence electrons. The third-order valence-electron chi connectivity index (χ3n) is 3.53. The van der Waals surface area contributed by atoms with E-state index in [1.807, 2.05) is 0 Å². The molecule has 1 amide bonds. The summed E-state index contributed by atoms with van der Waals surface area (Å²) in [5.74, 6) is -0.749. The molecule has 2 aliphatic rings. The molecule has 0 spiro atoms. The quantitative estimate of drug-likeness (QED) is 0.775. The summed E-state index contributed by atoms with van der Waals surface area (Å²) in [6, 6.07) is 0. The van der Waals surface area contributed by atoms with Crippen molar-refractivity contribution in [1.82, 2.24) is 0 Å². The highest BCUT2D eigenvalue weighted by Crippen LogP contribution is 2.22. The highest BCUT2D eigenvalue weighted by atomic mass is 16.3. The van der Waals surface area contributed by atoms with E-state index in [-0.39, 0.29) is 52.8 Å². The third kappa shape index (κ3) is 4.12. The van der Waals surface area contributed by atoms with Crippen LogP contribution in [0.3, 0.4) is 0 Å². The van der Waals surface area contributed by atoms with Gasteiger partial charge in [0.1, 0.15) is 11.5 Å². The van der Waals surface area contributed by atoms with Crippen molar-refractivity contribution in [2.45, 2.75) is 32.6 Å². The molecule has 0 unspecified atom stereocenters. The van der Waals surface area contributed by atoms with Gasteiger partial charge < -0.3 is 10.2 Å². The van der Waals surface area contributed by atoms with E-state index in [0.29, 0.717) is 12.8 Å². The van der Waals surface area contributed by atoms with E-state index in [0.717, 1.165) is 0 Å². The number of ketones is 2. The molecule has 0 aromatic carbocycles. The highest BCUT2D eigenvalue weighted by Gasteiger charge is 2.21. The molecule has 6 nitrogen and oxygen atoms in total. The molecule has 2 aliphatic carbocycles. The number of hydrogen-bond acceptors (Lipinski definition) is 5. The summed E-state index contributed by atoms with van der Waals surface area (Å²) in [6.07, 6.45) is 6.79. The van der Waals surface area contributed by atoms with Crippen molar-refractivity contribution in [1.29, 1.82) is 0 Å². The lowest BCUT2D eigenvalue weighted by molar-refractivity contribution is -0.116. The summed E-state index contributed by atoms with van der Waals surface area (Å²) in [5.41, 5.74) is 0.625. The predicted molar refractivity (Wildman–Crippen MR) is 84.2 cm³/mol. The van der Waals surface area contributed by atoms with Crippen LogP contribution in [0.1, 0.15) is 32.6 Å². The number of aliphatic hydroxyl groups excluding tert-OH is 2. The molecule has 0 fully saturated rings. The van der Waals surface area contributed by atoms with Crippen molar-refractivity contribution in [3.05, 3.63) is 47.0 Å². The topological polar surface area (TPSA) is 104 Å². The SMILES string of the molecule is CC(=O)N=C(/C=C/C1=C(O)CCC1=O)/C=C/C1=C(O)CCC1=O. The molecule has 2 rings (SSSR count). The minimum Gasteiger partial charge on any atom is -0.512 e. The van der Waals surface area contributed by atoms with Gasteiger partial charge in [0.05, 0.1) is 16.9 Å². The Morgan fingerprint density at radius 3 is 1.65 bits per heavy atom. The normalized spacial score (nSPS) is 18.8. The Bertz CT molecular complexity index is 667. The van der Waals surface area contributed by atoms with Gasteiger partial charge in [-0.3, -0.25) is 14.4 Å². The molecule has 6 heteroatoms. The summed E-state index contributed by atoms with van der Waals surface area (Å²) in [5, 5.41) is 19.2. The lowest BCUT2D eigenvalue weighted by Gasteiger charge is -1.96. The molecule has 23 heavy (non-hydrogen) atoms. The fourth-order valence-corrected chi connectivity index (χ4v) is 2.35. The van der Waals surface area contributed by atoms with Gasteiger partial charge in [-0.1, -0.05) is 0 Å². The van der Waals surface area contributed by atoms with Crippen molar-refractivity contribution in [3.63, 3.8) is 0 Å². The van der Waals surface area contributed by atoms with Gasteiger partial charge in [0.2, 0.25) is 5.91 Å². The van der Waals surface area contributed by atoms with Crippen LogP contribution in [0, 0.1) is 0 Å². The van der Waals surface area contributed by atoms with Crippen molar-refractivity contribution in [2.24, 2.45) is 4.99 Å². The molecule has 0 radical (unpaired) electrons. The molecule has 0 aliphatic heterocycles. The monoisotopic (exact) mass is 315 g/mol. The van der Waals surface area contributed by atoms with E-state index >= 15 is 0 Å². The molecule has 0 aromatic rings. The number of nitrogens with zero attached hydrogens (tertiary/aromatic N) is 1. The largest absolute Gasteiger partial charge is 0.512 e. The zero-order chi connectivity index (χ0) is 17.0. The van der Waals surface area contributed by atoms with Crippen LogP contribution in [0.25, 0.3) is 0 Å². The molecule has 0 saturated heterocycles. The maximum Gasteiger partial charge on any atom is 0.243 e. The summed E-state index contributed by atoms with van der Waals surface area (Å²) in [6.45, 7) is 1.27. The van der Waals surface area contributed by atoms with E-state index < -0.39 is 5.91 Å². The van der Waals surface area contributed by atoms with Crippen LogP contribution in [0.4, 0.5) is 0 Å². The Kier molecular flexibility index (Phi) is 5.05. The van der Waals surface area contributed by atoms with E-state index in [2.05, 4.69) is 4.99 Å². The van der Waals surface area contributed by atoms with Crippen molar-refractivity contribution >= 4 is 23.2 Å². The molecule has 0 atom stereocenters.